The fourth-order valence-corrected chi connectivity index (χ4v) is 2.72. The molecule has 9 nitrogen and oxygen atoms in total. The van der Waals surface area contributed by atoms with Crippen molar-refractivity contribution >= 4 is 34.8 Å². The van der Waals surface area contributed by atoms with Crippen LogP contribution in [-0.2, 0) is 16.1 Å². The molecule has 3 amide bonds. The molecule has 0 atom stereocenters. The van der Waals surface area contributed by atoms with Crippen molar-refractivity contribution in [2.45, 2.75) is 19.4 Å². The van der Waals surface area contributed by atoms with Crippen molar-refractivity contribution in [3.63, 3.8) is 0 Å². The van der Waals surface area contributed by atoms with Gasteiger partial charge in [0.1, 0.15) is 5.69 Å². The Bertz CT molecular complexity index is 923. The average Bonchev–Trinajstić information content (AvgIpc) is 2.95. The van der Waals surface area contributed by atoms with Gasteiger partial charge in [-0.1, -0.05) is 12.1 Å². The Kier molecular flexibility index (Phi) is 4.84. The van der Waals surface area contributed by atoms with E-state index in [4.69, 9.17) is 5.73 Å². The van der Waals surface area contributed by atoms with Gasteiger partial charge in [0.25, 0.3) is 11.6 Å². The van der Waals surface area contributed by atoms with Crippen LogP contribution in [0.25, 0.3) is 0 Å². The largest absolute Gasteiger partial charge is 0.393 e. The topological polar surface area (TPSA) is 136 Å². The first-order valence-corrected chi connectivity index (χ1v) is 8.12. The van der Waals surface area contributed by atoms with Gasteiger partial charge in [-0.3, -0.25) is 29.4 Å². The van der Waals surface area contributed by atoms with Crippen LogP contribution in [0.3, 0.4) is 0 Å². The van der Waals surface area contributed by atoms with E-state index in [0.29, 0.717) is 5.69 Å². The third-order valence-electron chi connectivity index (χ3n) is 4.20. The predicted molar refractivity (Wildman–Crippen MR) is 96.7 cm³/mol. The second-order valence-corrected chi connectivity index (χ2v) is 6.06. The molecule has 1 saturated heterocycles. The lowest BCUT2D eigenvalue weighted by molar-refractivity contribution is -0.383. The van der Waals surface area contributed by atoms with Gasteiger partial charge >= 0.3 is 0 Å². The van der Waals surface area contributed by atoms with Gasteiger partial charge in [-0.25, -0.2) is 0 Å². The van der Waals surface area contributed by atoms with Crippen LogP contribution >= 0.6 is 0 Å². The zero-order valence-electron chi connectivity index (χ0n) is 14.2. The Hall–Kier alpha value is -3.75. The quantitative estimate of drug-likeness (QED) is 0.359. The molecule has 0 saturated carbocycles. The number of carbonyl (C=O) groups is 3. The van der Waals surface area contributed by atoms with Crippen LogP contribution in [0.1, 0.15) is 28.8 Å². The number of nitro groups is 1. The van der Waals surface area contributed by atoms with E-state index in [-0.39, 0.29) is 48.1 Å². The van der Waals surface area contributed by atoms with Gasteiger partial charge in [-0.05, 0) is 29.8 Å². The molecular formula is C18H16N4O5. The van der Waals surface area contributed by atoms with Crippen molar-refractivity contribution in [3.8, 4) is 0 Å². The van der Waals surface area contributed by atoms with Gasteiger partial charge in [0.2, 0.25) is 11.8 Å². The number of anilines is 2. The van der Waals surface area contributed by atoms with Crippen LogP contribution in [0, 0.1) is 10.1 Å². The highest BCUT2D eigenvalue weighted by molar-refractivity contribution is 6.05. The Balaban J connectivity index is 1.68. The second kappa shape index (κ2) is 7.24. The van der Waals surface area contributed by atoms with E-state index in [9.17, 15) is 24.5 Å². The first-order chi connectivity index (χ1) is 12.8. The number of nitro benzene ring substituents is 1. The summed E-state index contributed by atoms with van der Waals surface area (Å²) >= 11 is 0. The summed E-state index contributed by atoms with van der Waals surface area (Å²) in [6.07, 6.45) is 0.474. The molecule has 1 heterocycles. The minimum absolute atomic E-state index is 0.0214. The molecule has 1 aliphatic heterocycles. The zero-order valence-corrected chi connectivity index (χ0v) is 14.2. The van der Waals surface area contributed by atoms with E-state index < -0.39 is 10.8 Å². The summed E-state index contributed by atoms with van der Waals surface area (Å²) < 4.78 is 0. The van der Waals surface area contributed by atoms with E-state index in [2.05, 4.69) is 5.32 Å². The molecule has 1 aliphatic rings. The van der Waals surface area contributed by atoms with E-state index in [1.165, 1.54) is 17.0 Å². The lowest BCUT2D eigenvalue weighted by atomic mass is 10.1. The van der Waals surface area contributed by atoms with E-state index in [1.54, 1.807) is 24.3 Å². The maximum Gasteiger partial charge on any atom is 0.292 e. The van der Waals surface area contributed by atoms with Crippen LogP contribution in [0.2, 0.25) is 0 Å². The molecule has 0 unspecified atom stereocenters. The fourth-order valence-electron chi connectivity index (χ4n) is 2.72. The van der Waals surface area contributed by atoms with Gasteiger partial charge in [0.05, 0.1) is 11.5 Å². The number of benzene rings is 2. The summed E-state index contributed by atoms with van der Waals surface area (Å²) in [5, 5.41) is 13.6. The molecule has 2 aromatic carbocycles. The maximum atomic E-state index is 12.3. The summed E-state index contributed by atoms with van der Waals surface area (Å²) in [5.41, 5.74) is 6.49. The Morgan fingerprint density at radius 2 is 1.74 bits per heavy atom. The normalized spacial score (nSPS) is 13.7. The number of likely N-dealkylation sites (tertiary alicyclic amines) is 1. The predicted octanol–water partition coefficient (Wildman–Crippen LogP) is 2.08. The number of carbonyl (C=O) groups excluding carboxylic acids is 3. The van der Waals surface area contributed by atoms with Crippen LogP contribution < -0.4 is 11.1 Å². The van der Waals surface area contributed by atoms with Crippen molar-refractivity contribution in [1.82, 2.24) is 4.90 Å². The molecule has 3 N–H and O–H groups in total. The number of hydrogen-bond acceptors (Lipinski definition) is 6. The molecule has 138 valence electrons. The zero-order chi connectivity index (χ0) is 19.6. The van der Waals surface area contributed by atoms with Crippen molar-refractivity contribution in [3.05, 3.63) is 63.7 Å². The van der Waals surface area contributed by atoms with Crippen LogP contribution in [-0.4, -0.2) is 27.5 Å². The monoisotopic (exact) mass is 368 g/mol. The Morgan fingerprint density at radius 1 is 1.11 bits per heavy atom. The van der Waals surface area contributed by atoms with Crippen LogP contribution in [0.5, 0.6) is 0 Å². The molecule has 0 bridgehead atoms. The van der Waals surface area contributed by atoms with Gasteiger partial charge < -0.3 is 11.1 Å². The van der Waals surface area contributed by atoms with Gasteiger partial charge in [0.15, 0.2) is 0 Å². The van der Waals surface area contributed by atoms with Crippen molar-refractivity contribution in [2.75, 3.05) is 11.1 Å². The van der Waals surface area contributed by atoms with Gasteiger partial charge in [0, 0.05) is 30.2 Å². The lowest BCUT2D eigenvalue weighted by Crippen LogP contribution is -2.28. The molecule has 27 heavy (non-hydrogen) atoms. The molecule has 0 spiro atoms. The number of hydrogen-bond donors (Lipinski definition) is 2. The Labute approximate surface area is 153 Å². The second-order valence-electron chi connectivity index (χ2n) is 6.06. The first kappa shape index (κ1) is 18.1. The summed E-state index contributed by atoms with van der Waals surface area (Å²) in [4.78, 5) is 47.1. The summed E-state index contributed by atoms with van der Waals surface area (Å²) in [5.74, 6) is -0.902. The number of imide groups is 1. The lowest BCUT2D eigenvalue weighted by Gasteiger charge is -2.14. The molecule has 9 heteroatoms. The molecule has 1 fully saturated rings. The van der Waals surface area contributed by atoms with E-state index in [1.807, 2.05) is 0 Å². The van der Waals surface area contributed by atoms with Crippen molar-refractivity contribution < 1.29 is 19.3 Å². The summed E-state index contributed by atoms with van der Waals surface area (Å²) in [6, 6.07) is 10.5. The minimum Gasteiger partial charge on any atom is -0.393 e. The highest BCUT2D eigenvalue weighted by Gasteiger charge is 2.28. The molecule has 0 aliphatic carbocycles. The Morgan fingerprint density at radius 3 is 2.33 bits per heavy atom. The third-order valence-corrected chi connectivity index (χ3v) is 4.20. The third kappa shape index (κ3) is 3.92. The standard InChI is InChI=1S/C18H16N4O5/c19-14-6-3-12(9-15(14)22(26)27)18(25)20-13-4-1-11(2-5-13)10-21-16(23)7-8-17(21)24/h1-6,9H,7-8,10,19H2,(H,20,25). The van der Waals surface area contributed by atoms with Crippen molar-refractivity contribution in [1.29, 1.82) is 0 Å². The molecular weight excluding hydrogens is 352 g/mol. The van der Waals surface area contributed by atoms with Gasteiger partial charge in [-0.15, -0.1) is 0 Å². The minimum atomic E-state index is -0.651. The highest BCUT2D eigenvalue weighted by Crippen LogP contribution is 2.23. The summed E-state index contributed by atoms with van der Waals surface area (Å²) in [7, 11) is 0. The van der Waals surface area contributed by atoms with E-state index in [0.717, 1.165) is 11.6 Å². The first-order valence-electron chi connectivity index (χ1n) is 8.12. The number of nitrogen functional groups attached to an aromatic ring is 1. The number of nitrogens with two attached hydrogens (primary N) is 1. The maximum absolute atomic E-state index is 12.3. The molecule has 0 aromatic heterocycles. The van der Waals surface area contributed by atoms with Crippen LogP contribution in [0.4, 0.5) is 17.1 Å². The average molecular weight is 368 g/mol. The molecule has 3 rings (SSSR count). The fraction of sp³-hybridized carbons (Fsp3) is 0.167. The smallest absolute Gasteiger partial charge is 0.292 e. The van der Waals surface area contributed by atoms with Gasteiger partial charge in [-0.2, -0.15) is 0 Å². The SMILES string of the molecule is Nc1ccc(C(=O)Nc2ccc(CN3C(=O)CCC3=O)cc2)cc1[N+](=O)[O-]. The summed E-state index contributed by atoms with van der Waals surface area (Å²) in [6.45, 7) is 0.191. The van der Waals surface area contributed by atoms with Crippen LogP contribution in [0.15, 0.2) is 42.5 Å². The molecule has 0 radical (unpaired) electrons. The van der Waals surface area contributed by atoms with Crippen molar-refractivity contribution in [2.24, 2.45) is 0 Å². The number of rotatable bonds is 5. The van der Waals surface area contributed by atoms with E-state index >= 15 is 0 Å². The number of nitrogens with zero attached hydrogens (tertiary/aromatic N) is 2. The number of nitrogens with one attached hydrogen (secondary N) is 1. The number of amides is 3. The highest BCUT2D eigenvalue weighted by atomic mass is 16.6. The molecule has 2 aromatic rings.